The number of nitrogens with one attached hydrogen (secondary N) is 1. The van der Waals surface area contributed by atoms with Gasteiger partial charge in [0.05, 0.1) is 12.7 Å². The normalized spacial score (nSPS) is 35.2. The molecule has 1 aromatic rings. The first-order valence-electron chi connectivity index (χ1n) is 6.82. The second-order valence-corrected chi connectivity index (χ2v) is 5.66. The minimum absolute atomic E-state index is 0.476. The van der Waals surface area contributed by atoms with Crippen molar-refractivity contribution in [2.75, 3.05) is 7.11 Å². The number of hydrogen-bond donors (Lipinski definition) is 2. The summed E-state index contributed by atoms with van der Waals surface area (Å²) in [5.74, 6) is 0.844. The molecule has 0 radical (unpaired) electrons. The van der Waals surface area contributed by atoms with Crippen molar-refractivity contribution in [3.8, 4) is 5.75 Å². The average molecular weight is 247 g/mol. The summed E-state index contributed by atoms with van der Waals surface area (Å²) in [6.07, 6.45) is 5.33. The van der Waals surface area contributed by atoms with Crippen LogP contribution < -0.4 is 10.1 Å². The molecule has 0 saturated carbocycles. The van der Waals surface area contributed by atoms with Crippen LogP contribution in [0.2, 0.25) is 0 Å². The Morgan fingerprint density at radius 2 is 1.78 bits per heavy atom. The summed E-state index contributed by atoms with van der Waals surface area (Å²) in [6, 6.07) is 8.82. The Labute approximate surface area is 108 Å². The highest BCUT2D eigenvalue weighted by Crippen LogP contribution is 2.39. The molecule has 2 unspecified atom stereocenters. The molecule has 3 heteroatoms. The van der Waals surface area contributed by atoms with E-state index in [4.69, 9.17) is 4.74 Å². The lowest BCUT2D eigenvalue weighted by Crippen LogP contribution is -2.54. The quantitative estimate of drug-likeness (QED) is 0.841. The zero-order chi connectivity index (χ0) is 12.6. The van der Waals surface area contributed by atoms with Crippen LogP contribution in [-0.2, 0) is 5.60 Å². The van der Waals surface area contributed by atoms with Gasteiger partial charge in [-0.3, -0.25) is 0 Å². The molecule has 2 aliphatic heterocycles. The van der Waals surface area contributed by atoms with E-state index in [9.17, 15) is 5.11 Å². The van der Waals surface area contributed by atoms with Crippen LogP contribution >= 0.6 is 0 Å². The van der Waals surface area contributed by atoms with Gasteiger partial charge in [0.1, 0.15) is 5.75 Å². The van der Waals surface area contributed by atoms with Crippen molar-refractivity contribution >= 4 is 0 Å². The molecule has 98 valence electrons. The van der Waals surface area contributed by atoms with Gasteiger partial charge in [0.15, 0.2) is 0 Å². The Morgan fingerprint density at radius 3 is 2.33 bits per heavy atom. The molecule has 2 fully saturated rings. The molecule has 0 amide bonds. The van der Waals surface area contributed by atoms with Gasteiger partial charge in [0.25, 0.3) is 0 Å². The van der Waals surface area contributed by atoms with E-state index in [1.165, 1.54) is 19.3 Å². The van der Waals surface area contributed by atoms with Crippen LogP contribution in [0.25, 0.3) is 0 Å². The van der Waals surface area contributed by atoms with E-state index in [0.29, 0.717) is 12.1 Å². The van der Waals surface area contributed by atoms with Gasteiger partial charge in [-0.15, -0.1) is 0 Å². The molecule has 0 aliphatic carbocycles. The number of piperidine rings is 2. The SMILES string of the molecule is COc1ccc(C2(O)CC3CCCC(C2)N3)cc1. The number of benzene rings is 1. The minimum atomic E-state index is -0.659. The predicted molar refractivity (Wildman–Crippen MR) is 70.7 cm³/mol. The van der Waals surface area contributed by atoms with Crippen LogP contribution in [0.4, 0.5) is 0 Å². The monoisotopic (exact) mass is 247 g/mol. The fourth-order valence-corrected chi connectivity index (χ4v) is 3.47. The van der Waals surface area contributed by atoms with Crippen molar-refractivity contribution in [2.45, 2.75) is 49.8 Å². The van der Waals surface area contributed by atoms with E-state index >= 15 is 0 Å². The molecule has 18 heavy (non-hydrogen) atoms. The molecule has 0 spiro atoms. The van der Waals surface area contributed by atoms with Gasteiger partial charge in [-0.2, -0.15) is 0 Å². The maximum absolute atomic E-state index is 10.9. The summed E-state index contributed by atoms with van der Waals surface area (Å²) < 4.78 is 5.17. The molecule has 2 N–H and O–H groups in total. The molecule has 2 aliphatic rings. The highest BCUT2D eigenvalue weighted by molar-refractivity contribution is 5.31. The second kappa shape index (κ2) is 4.56. The third-order valence-corrected chi connectivity index (χ3v) is 4.37. The van der Waals surface area contributed by atoms with E-state index in [0.717, 1.165) is 24.2 Å². The number of fused-ring (bicyclic) bond motifs is 2. The topological polar surface area (TPSA) is 41.5 Å². The number of hydrogen-bond acceptors (Lipinski definition) is 3. The smallest absolute Gasteiger partial charge is 0.118 e. The fourth-order valence-electron chi connectivity index (χ4n) is 3.47. The summed E-state index contributed by atoms with van der Waals surface area (Å²) in [5, 5.41) is 14.5. The van der Waals surface area contributed by atoms with Gasteiger partial charge < -0.3 is 15.2 Å². The van der Waals surface area contributed by atoms with Crippen LogP contribution in [0.15, 0.2) is 24.3 Å². The fraction of sp³-hybridized carbons (Fsp3) is 0.600. The summed E-state index contributed by atoms with van der Waals surface area (Å²) >= 11 is 0. The largest absolute Gasteiger partial charge is 0.497 e. The molecule has 2 saturated heterocycles. The third kappa shape index (κ3) is 2.13. The van der Waals surface area contributed by atoms with Crippen molar-refractivity contribution in [3.63, 3.8) is 0 Å². The van der Waals surface area contributed by atoms with E-state index in [1.807, 2.05) is 24.3 Å². The number of rotatable bonds is 2. The van der Waals surface area contributed by atoms with Gasteiger partial charge in [0, 0.05) is 12.1 Å². The van der Waals surface area contributed by atoms with Crippen LogP contribution in [0.3, 0.4) is 0 Å². The maximum Gasteiger partial charge on any atom is 0.118 e. The second-order valence-electron chi connectivity index (χ2n) is 5.66. The van der Waals surface area contributed by atoms with Gasteiger partial charge in [-0.05, 0) is 43.4 Å². The van der Waals surface area contributed by atoms with Gasteiger partial charge in [0.2, 0.25) is 0 Å². The Hall–Kier alpha value is -1.06. The molecule has 1 aromatic carbocycles. The summed E-state index contributed by atoms with van der Waals surface area (Å²) in [5.41, 5.74) is 0.370. The average Bonchev–Trinajstić information content (AvgIpc) is 2.38. The van der Waals surface area contributed by atoms with E-state index in [2.05, 4.69) is 5.32 Å². The Morgan fingerprint density at radius 1 is 1.17 bits per heavy atom. The molecular weight excluding hydrogens is 226 g/mol. The molecule has 2 atom stereocenters. The van der Waals surface area contributed by atoms with E-state index in [1.54, 1.807) is 7.11 Å². The van der Waals surface area contributed by atoms with Crippen LogP contribution in [0.1, 0.15) is 37.7 Å². The van der Waals surface area contributed by atoms with Gasteiger partial charge in [-0.1, -0.05) is 18.6 Å². The van der Waals surface area contributed by atoms with Crippen molar-refractivity contribution in [3.05, 3.63) is 29.8 Å². The molecule has 0 aromatic heterocycles. The minimum Gasteiger partial charge on any atom is -0.497 e. The van der Waals surface area contributed by atoms with Crippen molar-refractivity contribution < 1.29 is 9.84 Å². The standard InChI is InChI=1S/C15H21NO2/c1-18-14-7-5-11(6-8-14)15(17)9-12-3-2-4-13(10-15)16-12/h5-8,12-13,16-17H,2-4,9-10H2,1H3. The summed E-state index contributed by atoms with van der Waals surface area (Å²) in [4.78, 5) is 0. The molecule has 3 nitrogen and oxygen atoms in total. The highest BCUT2D eigenvalue weighted by Gasteiger charge is 2.41. The summed E-state index contributed by atoms with van der Waals surface area (Å²) in [6.45, 7) is 0. The highest BCUT2D eigenvalue weighted by atomic mass is 16.5. The Kier molecular flexibility index (Phi) is 3.04. The van der Waals surface area contributed by atoms with Crippen LogP contribution in [-0.4, -0.2) is 24.3 Å². The molecular formula is C15H21NO2. The third-order valence-electron chi connectivity index (χ3n) is 4.37. The van der Waals surface area contributed by atoms with E-state index < -0.39 is 5.60 Å². The van der Waals surface area contributed by atoms with Crippen LogP contribution in [0, 0.1) is 0 Å². The molecule has 2 heterocycles. The summed E-state index contributed by atoms with van der Waals surface area (Å²) in [7, 11) is 1.67. The molecule has 2 bridgehead atoms. The Bertz CT molecular complexity index is 403. The van der Waals surface area contributed by atoms with Gasteiger partial charge >= 0.3 is 0 Å². The lowest BCUT2D eigenvalue weighted by Gasteiger charge is -2.45. The zero-order valence-corrected chi connectivity index (χ0v) is 10.9. The number of ether oxygens (including phenoxy) is 1. The van der Waals surface area contributed by atoms with E-state index in [-0.39, 0.29) is 0 Å². The number of aliphatic hydroxyl groups is 1. The maximum atomic E-state index is 10.9. The zero-order valence-electron chi connectivity index (χ0n) is 10.9. The first kappa shape index (κ1) is 12.0. The molecule has 3 rings (SSSR count). The predicted octanol–water partition coefficient (Wildman–Crippen LogP) is 2.19. The van der Waals surface area contributed by atoms with Crippen LogP contribution in [0.5, 0.6) is 5.75 Å². The first-order chi connectivity index (χ1) is 8.69. The number of methoxy groups -OCH3 is 1. The van der Waals surface area contributed by atoms with Crippen molar-refractivity contribution in [1.29, 1.82) is 0 Å². The van der Waals surface area contributed by atoms with Crippen molar-refractivity contribution in [2.24, 2.45) is 0 Å². The lowest BCUT2D eigenvalue weighted by molar-refractivity contribution is -0.0358. The lowest BCUT2D eigenvalue weighted by atomic mass is 9.74. The van der Waals surface area contributed by atoms with Gasteiger partial charge in [-0.25, -0.2) is 0 Å². The van der Waals surface area contributed by atoms with Crippen molar-refractivity contribution in [1.82, 2.24) is 5.32 Å². The first-order valence-corrected chi connectivity index (χ1v) is 6.82. The Balaban J connectivity index is 1.84.